The topological polar surface area (TPSA) is 39.9 Å². The summed E-state index contributed by atoms with van der Waals surface area (Å²) in [5, 5.41) is 4.48. The molecule has 1 fully saturated rings. The molecule has 0 saturated carbocycles. The number of hydrogen-bond donors (Lipinski definition) is 0. The van der Waals surface area contributed by atoms with Gasteiger partial charge >= 0.3 is 0 Å². The lowest BCUT2D eigenvalue weighted by molar-refractivity contribution is -0.0384. The minimum Gasteiger partial charge on any atom is -0.356 e. The number of ether oxygens (including phenoxy) is 1. The minimum absolute atomic E-state index is 0.0709. The van der Waals surface area contributed by atoms with E-state index in [4.69, 9.17) is 9.72 Å². The van der Waals surface area contributed by atoms with Crippen molar-refractivity contribution in [3.8, 4) is 11.4 Å². The van der Waals surface area contributed by atoms with Crippen LogP contribution in [0, 0.1) is 0 Å². The summed E-state index contributed by atoms with van der Waals surface area (Å²) in [6, 6.07) is 6.44. The zero-order chi connectivity index (χ0) is 14.1. The molecule has 1 unspecified atom stereocenters. The van der Waals surface area contributed by atoms with Gasteiger partial charge in [-0.3, -0.25) is 4.98 Å². The average molecular weight is 283 g/mol. The van der Waals surface area contributed by atoms with E-state index in [1.165, 1.54) is 36.9 Å². The highest BCUT2D eigenvalue weighted by Gasteiger charge is 2.21. The van der Waals surface area contributed by atoms with Gasteiger partial charge in [-0.15, -0.1) is 0 Å². The van der Waals surface area contributed by atoms with E-state index in [0.29, 0.717) is 0 Å². The Morgan fingerprint density at radius 3 is 2.90 bits per heavy atom. The van der Waals surface area contributed by atoms with Crippen LogP contribution in [0.4, 0.5) is 0 Å². The van der Waals surface area contributed by atoms with Crippen LogP contribution in [-0.2, 0) is 17.6 Å². The number of aromatic nitrogens is 3. The molecule has 110 valence electrons. The SMILES string of the molecule is c1cc(-c2ccc3c(n2)CCCC3)n(C2CCCCO2)n1. The van der Waals surface area contributed by atoms with Gasteiger partial charge in [-0.2, -0.15) is 5.10 Å². The highest BCUT2D eigenvalue weighted by Crippen LogP contribution is 2.29. The third-order valence-corrected chi connectivity index (χ3v) is 4.54. The van der Waals surface area contributed by atoms with E-state index in [2.05, 4.69) is 23.3 Å². The van der Waals surface area contributed by atoms with Crippen molar-refractivity contribution >= 4 is 0 Å². The normalized spacial score (nSPS) is 22.0. The number of nitrogens with zero attached hydrogens (tertiary/aromatic N) is 3. The molecule has 1 saturated heterocycles. The molecule has 0 radical (unpaired) electrons. The van der Waals surface area contributed by atoms with Crippen LogP contribution in [0.1, 0.15) is 49.6 Å². The van der Waals surface area contributed by atoms with E-state index in [1.807, 2.05) is 10.9 Å². The summed E-state index contributed by atoms with van der Waals surface area (Å²) in [5.74, 6) is 0. The molecule has 0 amide bonds. The fourth-order valence-corrected chi connectivity index (χ4v) is 3.39. The first-order valence-electron chi connectivity index (χ1n) is 8.06. The number of aryl methyl sites for hydroxylation is 2. The largest absolute Gasteiger partial charge is 0.356 e. The summed E-state index contributed by atoms with van der Waals surface area (Å²) in [7, 11) is 0. The minimum atomic E-state index is 0.0709. The second-order valence-electron chi connectivity index (χ2n) is 5.99. The molecule has 2 aromatic rings. The molecule has 1 atom stereocenters. The fourth-order valence-electron chi connectivity index (χ4n) is 3.39. The van der Waals surface area contributed by atoms with E-state index in [-0.39, 0.29) is 6.23 Å². The van der Waals surface area contributed by atoms with E-state index >= 15 is 0 Å². The summed E-state index contributed by atoms with van der Waals surface area (Å²) in [5.41, 5.74) is 4.80. The summed E-state index contributed by atoms with van der Waals surface area (Å²) < 4.78 is 7.88. The Bertz CT molecular complexity index is 629. The standard InChI is InChI=1S/C17H21N3O/c1-2-6-14-13(5-1)8-9-15(19-14)16-10-11-18-20(16)17-7-3-4-12-21-17/h8-11,17H,1-7,12H2. The molecule has 0 spiro atoms. The maximum atomic E-state index is 5.87. The highest BCUT2D eigenvalue weighted by molar-refractivity contribution is 5.55. The zero-order valence-electron chi connectivity index (χ0n) is 12.3. The van der Waals surface area contributed by atoms with Crippen LogP contribution in [0.25, 0.3) is 11.4 Å². The van der Waals surface area contributed by atoms with Crippen LogP contribution < -0.4 is 0 Å². The molecule has 2 aromatic heterocycles. The molecule has 0 N–H and O–H groups in total. The van der Waals surface area contributed by atoms with Crippen LogP contribution in [0.2, 0.25) is 0 Å². The lowest BCUT2D eigenvalue weighted by Crippen LogP contribution is -2.20. The Balaban J connectivity index is 1.68. The van der Waals surface area contributed by atoms with Crippen molar-refractivity contribution in [2.24, 2.45) is 0 Å². The van der Waals surface area contributed by atoms with Crippen molar-refractivity contribution in [1.29, 1.82) is 0 Å². The Morgan fingerprint density at radius 2 is 2.00 bits per heavy atom. The Labute approximate surface area is 125 Å². The van der Waals surface area contributed by atoms with Crippen LogP contribution in [0.15, 0.2) is 24.4 Å². The van der Waals surface area contributed by atoms with Gasteiger partial charge in [0.2, 0.25) is 0 Å². The molecule has 4 rings (SSSR count). The van der Waals surface area contributed by atoms with Gasteiger partial charge in [0, 0.05) is 18.5 Å². The van der Waals surface area contributed by atoms with E-state index < -0.39 is 0 Å². The fraction of sp³-hybridized carbons (Fsp3) is 0.529. The summed E-state index contributed by atoms with van der Waals surface area (Å²) in [6.07, 6.45) is 10.2. The zero-order valence-corrected chi connectivity index (χ0v) is 12.3. The molecule has 4 heteroatoms. The Hall–Kier alpha value is -1.68. The van der Waals surface area contributed by atoms with Gasteiger partial charge in [-0.1, -0.05) is 6.07 Å². The molecule has 4 nitrogen and oxygen atoms in total. The third-order valence-electron chi connectivity index (χ3n) is 4.54. The maximum Gasteiger partial charge on any atom is 0.150 e. The molecule has 3 heterocycles. The predicted octanol–water partition coefficient (Wildman–Crippen LogP) is 3.52. The number of hydrogen-bond acceptors (Lipinski definition) is 3. The number of rotatable bonds is 2. The molecule has 1 aliphatic carbocycles. The van der Waals surface area contributed by atoms with Gasteiger partial charge in [-0.05, 0) is 62.6 Å². The number of pyridine rings is 1. The predicted molar refractivity (Wildman–Crippen MR) is 80.9 cm³/mol. The third kappa shape index (κ3) is 2.48. The molecule has 21 heavy (non-hydrogen) atoms. The van der Waals surface area contributed by atoms with Gasteiger partial charge in [0.05, 0.1) is 11.4 Å². The molecule has 2 aliphatic rings. The molecular weight excluding hydrogens is 262 g/mol. The summed E-state index contributed by atoms with van der Waals surface area (Å²) >= 11 is 0. The first-order chi connectivity index (χ1) is 10.4. The monoisotopic (exact) mass is 283 g/mol. The van der Waals surface area contributed by atoms with Crippen molar-refractivity contribution in [1.82, 2.24) is 14.8 Å². The van der Waals surface area contributed by atoms with Crippen LogP contribution in [-0.4, -0.2) is 21.4 Å². The van der Waals surface area contributed by atoms with Gasteiger partial charge < -0.3 is 4.74 Å². The molecule has 1 aliphatic heterocycles. The van der Waals surface area contributed by atoms with Crippen molar-refractivity contribution in [2.45, 2.75) is 51.2 Å². The second kappa shape index (κ2) is 5.60. The van der Waals surface area contributed by atoms with Crippen LogP contribution in [0.3, 0.4) is 0 Å². The lowest BCUT2D eigenvalue weighted by atomic mass is 9.95. The average Bonchev–Trinajstić information content (AvgIpc) is 3.05. The lowest BCUT2D eigenvalue weighted by Gasteiger charge is -2.24. The van der Waals surface area contributed by atoms with Gasteiger partial charge in [0.15, 0.2) is 6.23 Å². The van der Waals surface area contributed by atoms with Crippen LogP contribution >= 0.6 is 0 Å². The maximum absolute atomic E-state index is 5.87. The van der Waals surface area contributed by atoms with E-state index in [9.17, 15) is 0 Å². The first kappa shape index (κ1) is 13.0. The Kier molecular flexibility index (Phi) is 3.47. The summed E-state index contributed by atoms with van der Waals surface area (Å²) in [4.78, 5) is 4.89. The molecule has 0 bridgehead atoms. The van der Waals surface area contributed by atoms with Gasteiger partial charge in [0.1, 0.15) is 0 Å². The van der Waals surface area contributed by atoms with E-state index in [0.717, 1.165) is 37.3 Å². The van der Waals surface area contributed by atoms with Crippen LogP contribution in [0.5, 0.6) is 0 Å². The second-order valence-corrected chi connectivity index (χ2v) is 5.99. The first-order valence-corrected chi connectivity index (χ1v) is 8.06. The highest BCUT2D eigenvalue weighted by atomic mass is 16.5. The van der Waals surface area contributed by atoms with Gasteiger partial charge in [-0.25, -0.2) is 4.68 Å². The van der Waals surface area contributed by atoms with Gasteiger partial charge in [0.25, 0.3) is 0 Å². The van der Waals surface area contributed by atoms with Crippen molar-refractivity contribution in [2.75, 3.05) is 6.61 Å². The Morgan fingerprint density at radius 1 is 1.05 bits per heavy atom. The number of fused-ring (bicyclic) bond motifs is 1. The molecular formula is C17H21N3O. The smallest absolute Gasteiger partial charge is 0.150 e. The summed E-state index contributed by atoms with van der Waals surface area (Å²) in [6.45, 7) is 0.835. The van der Waals surface area contributed by atoms with E-state index in [1.54, 1.807) is 0 Å². The quantitative estimate of drug-likeness (QED) is 0.846. The molecule has 0 aromatic carbocycles. The van der Waals surface area contributed by atoms with Crippen molar-refractivity contribution in [3.63, 3.8) is 0 Å². The van der Waals surface area contributed by atoms with Crippen molar-refractivity contribution in [3.05, 3.63) is 35.7 Å². The van der Waals surface area contributed by atoms with Crippen molar-refractivity contribution < 1.29 is 4.74 Å².